The Bertz CT molecular complexity index is 696. The maximum atomic E-state index is 11.8. The van der Waals surface area contributed by atoms with E-state index in [0.717, 1.165) is 36.7 Å². The van der Waals surface area contributed by atoms with Crippen molar-refractivity contribution in [1.82, 2.24) is 25.7 Å². The molecule has 0 bridgehead atoms. The third kappa shape index (κ3) is 7.46. The summed E-state index contributed by atoms with van der Waals surface area (Å²) in [7, 11) is 1.68. The van der Waals surface area contributed by atoms with Gasteiger partial charge in [0.2, 0.25) is 5.91 Å². The number of rotatable bonds is 8. The molecule has 3 N–H and O–H groups in total. The van der Waals surface area contributed by atoms with Crippen LogP contribution in [0.4, 0.5) is 0 Å². The van der Waals surface area contributed by atoms with Gasteiger partial charge in [-0.1, -0.05) is 0 Å². The first-order chi connectivity index (χ1) is 12.1. The predicted molar refractivity (Wildman–Crippen MR) is 112 cm³/mol. The zero-order chi connectivity index (χ0) is 18.1. The van der Waals surface area contributed by atoms with Crippen molar-refractivity contribution in [3.05, 3.63) is 41.6 Å². The van der Waals surface area contributed by atoms with Crippen LogP contribution >= 0.6 is 24.0 Å². The van der Waals surface area contributed by atoms with Gasteiger partial charge in [0.25, 0.3) is 0 Å². The molecule has 2 heterocycles. The average Bonchev–Trinajstić information content (AvgIpc) is 3.21. The molecule has 8 nitrogen and oxygen atoms in total. The Labute approximate surface area is 170 Å². The van der Waals surface area contributed by atoms with Crippen molar-refractivity contribution in [1.29, 1.82) is 0 Å². The fourth-order valence-corrected chi connectivity index (χ4v) is 2.38. The number of aliphatic imine (C=N–C) groups is 1. The van der Waals surface area contributed by atoms with Crippen molar-refractivity contribution in [2.45, 2.75) is 33.4 Å². The minimum atomic E-state index is -0.123. The molecule has 2 aromatic rings. The first-order valence-corrected chi connectivity index (χ1v) is 8.33. The number of aryl methyl sites for hydroxylation is 3. The van der Waals surface area contributed by atoms with Gasteiger partial charge in [0.05, 0.1) is 25.0 Å². The molecule has 0 aliphatic carbocycles. The van der Waals surface area contributed by atoms with E-state index in [9.17, 15) is 4.79 Å². The van der Waals surface area contributed by atoms with Gasteiger partial charge in [-0.15, -0.1) is 24.0 Å². The van der Waals surface area contributed by atoms with Crippen LogP contribution in [0.2, 0.25) is 0 Å². The quantitative estimate of drug-likeness (QED) is 0.234. The Morgan fingerprint density at radius 2 is 2.12 bits per heavy atom. The van der Waals surface area contributed by atoms with Crippen molar-refractivity contribution >= 4 is 35.8 Å². The summed E-state index contributed by atoms with van der Waals surface area (Å²) in [6, 6.07) is 5.67. The van der Waals surface area contributed by atoms with Gasteiger partial charge in [-0.25, -0.2) is 0 Å². The van der Waals surface area contributed by atoms with E-state index in [2.05, 4.69) is 39.0 Å². The summed E-state index contributed by atoms with van der Waals surface area (Å²) in [5.41, 5.74) is 2.19. The molecule has 144 valence electrons. The second-order valence-corrected chi connectivity index (χ2v) is 5.71. The Kier molecular flexibility index (Phi) is 9.78. The largest absolute Gasteiger partial charge is 0.467 e. The van der Waals surface area contributed by atoms with Gasteiger partial charge in [-0.05, 0) is 38.5 Å². The van der Waals surface area contributed by atoms with Crippen molar-refractivity contribution < 1.29 is 9.21 Å². The summed E-state index contributed by atoms with van der Waals surface area (Å²) >= 11 is 0. The molecule has 2 rings (SSSR count). The lowest BCUT2D eigenvalue weighted by Crippen LogP contribution is -2.43. The SMILES string of the molecule is CN=C(NCCCn1nc(C)cc1C)NCC(=O)NCc1ccco1.I. The average molecular weight is 474 g/mol. The minimum Gasteiger partial charge on any atom is -0.467 e. The second kappa shape index (κ2) is 11.6. The first kappa shape index (κ1) is 22.0. The summed E-state index contributed by atoms with van der Waals surface area (Å²) < 4.78 is 7.16. The number of aromatic nitrogens is 2. The molecular weight excluding hydrogens is 447 g/mol. The van der Waals surface area contributed by atoms with E-state index in [-0.39, 0.29) is 36.4 Å². The molecule has 0 aromatic carbocycles. The standard InChI is InChI=1S/C17H26N6O2.HI/c1-13-10-14(2)23(22-13)8-5-7-19-17(18-3)21-12-16(24)20-11-15-6-4-9-25-15;/h4,6,9-10H,5,7-8,11-12H2,1-3H3,(H,20,24)(H2,18,19,21);1H. The van der Waals surface area contributed by atoms with E-state index in [1.54, 1.807) is 19.4 Å². The van der Waals surface area contributed by atoms with Crippen molar-refractivity contribution in [3.63, 3.8) is 0 Å². The summed E-state index contributed by atoms with van der Waals surface area (Å²) in [5, 5.41) is 13.4. The normalized spacial score (nSPS) is 11.0. The zero-order valence-electron chi connectivity index (χ0n) is 15.4. The van der Waals surface area contributed by atoms with E-state index in [1.807, 2.05) is 17.7 Å². The van der Waals surface area contributed by atoms with Crippen molar-refractivity contribution in [2.24, 2.45) is 4.99 Å². The van der Waals surface area contributed by atoms with E-state index < -0.39 is 0 Å². The van der Waals surface area contributed by atoms with Crippen LogP contribution in [-0.4, -0.2) is 41.8 Å². The molecule has 0 saturated heterocycles. The van der Waals surface area contributed by atoms with Crippen LogP contribution < -0.4 is 16.0 Å². The van der Waals surface area contributed by atoms with Crippen LogP contribution in [0.25, 0.3) is 0 Å². The topological polar surface area (TPSA) is 96.5 Å². The molecule has 0 aliphatic heterocycles. The lowest BCUT2D eigenvalue weighted by Gasteiger charge is -2.12. The number of guanidine groups is 1. The number of hydrogen-bond acceptors (Lipinski definition) is 4. The number of carbonyl (C=O) groups is 1. The summed E-state index contributed by atoms with van der Waals surface area (Å²) in [4.78, 5) is 15.9. The smallest absolute Gasteiger partial charge is 0.239 e. The lowest BCUT2D eigenvalue weighted by molar-refractivity contribution is -0.120. The molecule has 0 spiro atoms. The van der Waals surface area contributed by atoms with Gasteiger partial charge in [0.1, 0.15) is 5.76 Å². The monoisotopic (exact) mass is 474 g/mol. The zero-order valence-corrected chi connectivity index (χ0v) is 17.7. The fourth-order valence-electron chi connectivity index (χ4n) is 2.38. The van der Waals surface area contributed by atoms with E-state index in [1.165, 1.54) is 0 Å². The van der Waals surface area contributed by atoms with Crippen molar-refractivity contribution in [2.75, 3.05) is 20.1 Å². The molecule has 0 unspecified atom stereocenters. The molecule has 0 saturated carbocycles. The highest BCUT2D eigenvalue weighted by atomic mass is 127. The second-order valence-electron chi connectivity index (χ2n) is 5.71. The molecule has 0 atom stereocenters. The summed E-state index contributed by atoms with van der Waals surface area (Å²) in [6.07, 6.45) is 2.49. The summed E-state index contributed by atoms with van der Waals surface area (Å²) in [5.74, 6) is 1.20. The highest BCUT2D eigenvalue weighted by Crippen LogP contribution is 2.02. The Balaban J connectivity index is 0.00000338. The number of hydrogen-bond donors (Lipinski definition) is 3. The highest BCUT2D eigenvalue weighted by Gasteiger charge is 2.05. The van der Waals surface area contributed by atoms with Crippen LogP contribution in [0.3, 0.4) is 0 Å². The maximum Gasteiger partial charge on any atom is 0.239 e. The van der Waals surface area contributed by atoms with Gasteiger partial charge in [-0.3, -0.25) is 14.5 Å². The van der Waals surface area contributed by atoms with Gasteiger partial charge in [0.15, 0.2) is 5.96 Å². The number of amides is 1. The Morgan fingerprint density at radius 1 is 1.31 bits per heavy atom. The lowest BCUT2D eigenvalue weighted by atomic mass is 10.4. The molecule has 0 radical (unpaired) electrons. The number of furan rings is 1. The van der Waals surface area contributed by atoms with Gasteiger partial charge >= 0.3 is 0 Å². The van der Waals surface area contributed by atoms with Crippen LogP contribution in [0.1, 0.15) is 23.6 Å². The van der Waals surface area contributed by atoms with Crippen LogP contribution in [0.15, 0.2) is 33.9 Å². The molecule has 0 aliphatic rings. The predicted octanol–water partition coefficient (Wildman–Crippen LogP) is 1.58. The number of nitrogens with zero attached hydrogens (tertiary/aromatic N) is 3. The van der Waals surface area contributed by atoms with E-state index in [4.69, 9.17) is 4.42 Å². The molecule has 2 aromatic heterocycles. The first-order valence-electron chi connectivity index (χ1n) is 8.33. The molecule has 26 heavy (non-hydrogen) atoms. The fraction of sp³-hybridized carbons (Fsp3) is 0.471. The highest BCUT2D eigenvalue weighted by molar-refractivity contribution is 14.0. The molecule has 0 fully saturated rings. The number of nitrogens with one attached hydrogen (secondary N) is 3. The Morgan fingerprint density at radius 3 is 2.73 bits per heavy atom. The third-order valence-electron chi connectivity index (χ3n) is 3.62. The van der Waals surface area contributed by atoms with E-state index in [0.29, 0.717) is 12.5 Å². The van der Waals surface area contributed by atoms with E-state index >= 15 is 0 Å². The number of halogens is 1. The van der Waals surface area contributed by atoms with Crippen molar-refractivity contribution in [3.8, 4) is 0 Å². The van der Waals surface area contributed by atoms with Gasteiger partial charge < -0.3 is 20.4 Å². The molecule has 1 amide bonds. The van der Waals surface area contributed by atoms with Crippen LogP contribution in [0, 0.1) is 13.8 Å². The minimum absolute atomic E-state index is 0. The summed E-state index contributed by atoms with van der Waals surface area (Å²) in [6.45, 7) is 6.15. The number of carbonyl (C=O) groups excluding carboxylic acids is 1. The Hall–Kier alpha value is -2.04. The maximum absolute atomic E-state index is 11.8. The van der Waals surface area contributed by atoms with Crippen LogP contribution in [-0.2, 0) is 17.9 Å². The van der Waals surface area contributed by atoms with Gasteiger partial charge in [0, 0.05) is 25.8 Å². The molecular formula is C17H27IN6O2. The molecule has 9 heteroatoms. The third-order valence-corrected chi connectivity index (χ3v) is 3.62. The van der Waals surface area contributed by atoms with Gasteiger partial charge in [-0.2, -0.15) is 5.10 Å². The van der Waals surface area contributed by atoms with Crippen LogP contribution in [0.5, 0.6) is 0 Å².